The molecule has 0 fully saturated rings. The lowest BCUT2D eigenvalue weighted by Crippen LogP contribution is -2.66. The van der Waals surface area contributed by atoms with E-state index in [1.165, 1.54) is 53.3 Å². The summed E-state index contributed by atoms with van der Waals surface area (Å²) in [5.74, 6) is -3.56. The maximum absolute atomic E-state index is 13.4. The highest BCUT2D eigenvalue weighted by atomic mass is 16.6. The third-order valence-corrected chi connectivity index (χ3v) is 6.76. The highest BCUT2D eigenvalue weighted by Gasteiger charge is 2.40. The largest absolute Gasteiger partial charge is 0.467 e. The first-order valence-electron chi connectivity index (χ1n) is 14.9. The van der Waals surface area contributed by atoms with E-state index in [9.17, 15) is 28.8 Å². The molecule has 17 heteroatoms. The zero-order valence-electron chi connectivity index (χ0n) is 28.3. The number of carbonyl (C=O) groups excluding carboxylic acids is 6. The summed E-state index contributed by atoms with van der Waals surface area (Å²) in [6, 6.07) is -2.36. The molecule has 1 aliphatic heterocycles. The number of aromatic nitrogens is 3. The van der Waals surface area contributed by atoms with Crippen LogP contribution >= 0.6 is 0 Å². The van der Waals surface area contributed by atoms with Crippen molar-refractivity contribution < 1.29 is 43.0 Å². The number of esters is 1. The Morgan fingerprint density at radius 2 is 1.65 bits per heavy atom. The standard InChI is InChI=1S/C29H48N8O9/c1-26(2,3)46-25(43)31-18-12-11-13-37-14-17(35-36-37)15-45-16-19(21(39)33-29(8,9)24(42)44-10)30-22(40)27(4,5)34-23(41)28(6,7)32-20(18)38/h14,18-19H,11-13,15-16H2,1-10H3,(H,30,40)(H,31,43)(H,32,38)(H,33,39)(H,34,41). The van der Waals surface area contributed by atoms with E-state index in [1.807, 2.05) is 0 Å². The van der Waals surface area contributed by atoms with E-state index in [0.717, 1.165) is 0 Å². The van der Waals surface area contributed by atoms with Gasteiger partial charge in [-0.15, -0.1) is 5.10 Å². The van der Waals surface area contributed by atoms with E-state index in [2.05, 4.69) is 36.9 Å². The number of fused-ring (bicyclic) bond motifs is 2. The Morgan fingerprint density at radius 3 is 2.26 bits per heavy atom. The first-order chi connectivity index (χ1) is 21.1. The van der Waals surface area contributed by atoms with Crippen LogP contribution < -0.4 is 26.6 Å². The maximum atomic E-state index is 13.4. The van der Waals surface area contributed by atoms with Gasteiger partial charge in [-0.3, -0.25) is 23.9 Å². The number of nitrogens with one attached hydrogen (secondary N) is 5. The molecule has 1 aliphatic rings. The molecule has 0 saturated carbocycles. The number of aryl methyl sites for hydroxylation is 1. The minimum absolute atomic E-state index is 0.0698. The third kappa shape index (κ3) is 11.3. The van der Waals surface area contributed by atoms with Crippen molar-refractivity contribution in [1.82, 2.24) is 41.6 Å². The Balaban J connectivity index is 2.38. The van der Waals surface area contributed by atoms with Gasteiger partial charge in [0.25, 0.3) is 0 Å². The highest BCUT2D eigenvalue weighted by molar-refractivity contribution is 5.99. The van der Waals surface area contributed by atoms with E-state index >= 15 is 0 Å². The van der Waals surface area contributed by atoms with Crippen LogP contribution in [0.1, 0.15) is 80.8 Å². The second kappa shape index (κ2) is 14.9. The first-order valence-corrected chi connectivity index (χ1v) is 14.9. The van der Waals surface area contributed by atoms with E-state index in [0.29, 0.717) is 18.7 Å². The van der Waals surface area contributed by atoms with Crippen LogP contribution in [0.25, 0.3) is 0 Å². The summed E-state index contributed by atoms with van der Waals surface area (Å²) in [5, 5.41) is 21.1. The predicted octanol–water partition coefficient (Wildman–Crippen LogP) is -0.176. The molecule has 2 heterocycles. The zero-order chi connectivity index (χ0) is 35.1. The number of amides is 5. The topological polar surface area (TPSA) is 221 Å². The second-order valence-electron chi connectivity index (χ2n) is 13.7. The van der Waals surface area contributed by atoms with Crippen LogP contribution in [-0.4, -0.2) is 98.7 Å². The SMILES string of the molecule is COC(=O)C(C)(C)NC(=O)C1COCc2cn(nn2)CCCC(NC(=O)OC(C)(C)C)C(=O)NC(C)(C)C(=O)NC(C)(C)C(=O)N1. The molecule has 2 rings (SSSR count). The van der Waals surface area contributed by atoms with Crippen LogP contribution in [0.3, 0.4) is 0 Å². The second-order valence-corrected chi connectivity index (χ2v) is 13.7. The number of methoxy groups -OCH3 is 1. The summed E-state index contributed by atoms with van der Waals surface area (Å²) < 4.78 is 17.3. The minimum Gasteiger partial charge on any atom is -0.467 e. The summed E-state index contributed by atoms with van der Waals surface area (Å²) in [5.41, 5.74) is -4.94. The number of rotatable bonds is 4. The molecule has 1 aromatic heterocycles. The molecule has 0 aromatic carbocycles. The van der Waals surface area contributed by atoms with Crippen molar-refractivity contribution in [2.45, 2.75) is 123 Å². The quantitative estimate of drug-likeness (QED) is 0.269. The molecule has 5 amide bonds. The van der Waals surface area contributed by atoms with Crippen LogP contribution in [0.5, 0.6) is 0 Å². The van der Waals surface area contributed by atoms with Crippen molar-refractivity contribution in [3.63, 3.8) is 0 Å². The summed E-state index contributed by atoms with van der Waals surface area (Å²) in [7, 11) is 1.18. The van der Waals surface area contributed by atoms with Crippen molar-refractivity contribution in [3.8, 4) is 0 Å². The fourth-order valence-electron chi connectivity index (χ4n) is 4.14. The molecular weight excluding hydrogens is 604 g/mol. The van der Waals surface area contributed by atoms with Gasteiger partial charge in [0.1, 0.15) is 40.0 Å². The lowest BCUT2D eigenvalue weighted by atomic mass is 9.97. The van der Waals surface area contributed by atoms with Gasteiger partial charge < -0.3 is 40.8 Å². The van der Waals surface area contributed by atoms with Gasteiger partial charge in [0.15, 0.2) is 0 Å². The van der Waals surface area contributed by atoms with Crippen molar-refractivity contribution in [2.24, 2.45) is 0 Å². The Hall–Kier alpha value is -4.28. The van der Waals surface area contributed by atoms with Crippen LogP contribution in [0.4, 0.5) is 4.79 Å². The maximum Gasteiger partial charge on any atom is 0.408 e. The molecular formula is C29H48N8O9. The van der Waals surface area contributed by atoms with Gasteiger partial charge in [-0.05, 0) is 75.2 Å². The van der Waals surface area contributed by atoms with Gasteiger partial charge >= 0.3 is 12.1 Å². The van der Waals surface area contributed by atoms with E-state index in [1.54, 1.807) is 27.0 Å². The Labute approximate surface area is 268 Å². The van der Waals surface area contributed by atoms with Gasteiger partial charge in [0.05, 0.1) is 26.5 Å². The van der Waals surface area contributed by atoms with Gasteiger partial charge in [-0.25, -0.2) is 9.59 Å². The van der Waals surface area contributed by atoms with Crippen molar-refractivity contribution in [2.75, 3.05) is 13.7 Å². The molecule has 2 atom stereocenters. The molecule has 2 bridgehead atoms. The van der Waals surface area contributed by atoms with Crippen LogP contribution in [-0.2, 0) is 51.3 Å². The Kier molecular flexibility index (Phi) is 12.3. The highest BCUT2D eigenvalue weighted by Crippen LogP contribution is 2.13. The molecule has 2 unspecified atom stereocenters. The normalized spacial score (nSPS) is 21.6. The summed E-state index contributed by atoms with van der Waals surface area (Å²) >= 11 is 0. The van der Waals surface area contributed by atoms with Gasteiger partial charge in [0.2, 0.25) is 23.6 Å². The molecule has 0 spiro atoms. The smallest absolute Gasteiger partial charge is 0.408 e. The van der Waals surface area contributed by atoms with Crippen LogP contribution in [0.2, 0.25) is 0 Å². The molecule has 258 valence electrons. The molecule has 0 radical (unpaired) electrons. The van der Waals surface area contributed by atoms with Crippen molar-refractivity contribution >= 4 is 35.7 Å². The molecule has 46 heavy (non-hydrogen) atoms. The zero-order valence-corrected chi connectivity index (χ0v) is 28.3. The van der Waals surface area contributed by atoms with E-state index in [4.69, 9.17) is 14.2 Å². The van der Waals surface area contributed by atoms with Crippen molar-refractivity contribution in [1.29, 1.82) is 0 Å². The van der Waals surface area contributed by atoms with Gasteiger partial charge in [-0.1, -0.05) is 5.21 Å². The Bertz CT molecular complexity index is 1300. The third-order valence-electron chi connectivity index (χ3n) is 6.76. The number of alkyl carbamates (subject to hydrolysis) is 1. The molecule has 0 saturated heterocycles. The summed E-state index contributed by atoms with van der Waals surface area (Å²) in [4.78, 5) is 78.2. The number of hydrogen-bond acceptors (Lipinski definition) is 11. The van der Waals surface area contributed by atoms with Gasteiger partial charge in [0, 0.05) is 6.54 Å². The van der Waals surface area contributed by atoms with Crippen molar-refractivity contribution in [3.05, 3.63) is 11.9 Å². The molecule has 1 aromatic rings. The van der Waals surface area contributed by atoms with E-state index < -0.39 is 70.0 Å². The summed E-state index contributed by atoms with van der Waals surface area (Å²) in [6.07, 6.45) is 1.36. The lowest BCUT2D eigenvalue weighted by Gasteiger charge is -2.34. The molecule has 17 nitrogen and oxygen atoms in total. The fourth-order valence-corrected chi connectivity index (χ4v) is 4.14. The average Bonchev–Trinajstić information content (AvgIpc) is 3.36. The predicted molar refractivity (Wildman–Crippen MR) is 163 cm³/mol. The van der Waals surface area contributed by atoms with Crippen LogP contribution in [0.15, 0.2) is 6.20 Å². The lowest BCUT2D eigenvalue weighted by molar-refractivity contribution is -0.150. The monoisotopic (exact) mass is 652 g/mol. The number of ether oxygens (including phenoxy) is 3. The Morgan fingerprint density at radius 1 is 1.02 bits per heavy atom. The minimum atomic E-state index is -1.59. The fraction of sp³-hybridized carbons (Fsp3) is 0.724. The summed E-state index contributed by atoms with van der Waals surface area (Å²) in [6.45, 7) is 13.6. The first kappa shape index (κ1) is 37.9. The number of nitrogens with zero attached hydrogens (tertiary/aromatic N) is 3. The van der Waals surface area contributed by atoms with Crippen LogP contribution in [0, 0.1) is 0 Å². The number of carbonyl (C=O) groups is 6. The molecule has 5 N–H and O–H groups in total. The average molecular weight is 653 g/mol. The number of hydrogen-bond donors (Lipinski definition) is 5. The van der Waals surface area contributed by atoms with E-state index in [-0.39, 0.29) is 19.6 Å². The van der Waals surface area contributed by atoms with Gasteiger partial charge in [-0.2, -0.15) is 0 Å². The molecule has 0 aliphatic carbocycles.